The second kappa shape index (κ2) is 6.75. The van der Waals surface area contributed by atoms with E-state index in [9.17, 15) is 9.59 Å². The van der Waals surface area contributed by atoms with Crippen LogP contribution in [-0.4, -0.2) is 35.6 Å². The van der Waals surface area contributed by atoms with Crippen molar-refractivity contribution in [3.05, 3.63) is 35.4 Å². The molecule has 0 heterocycles. The predicted molar refractivity (Wildman–Crippen MR) is 77.4 cm³/mol. The average Bonchev–Trinajstić information content (AvgIpc) is 2.44. The first kappa shape index (κ1) is 16.5. The van der Waals surface area contributed by atoms with E-state index in [0.29, 0.717) is 12.1 Å². The molecule has 112 valence electrons. The van der Waals surface area contributed by atoms with Gasteiger partial charge in [-0.3, -0.25) is 4.79 Å². The van der Waals surface area contributed by atoms with Gasteiger partial charge in [0.05, 0.1) is 17.0 Å². The third-order valence-corrected chi connectivity index (χ3v) is 3.08. The van der Waals surface area contributed by atoms with Gasteiger partial charge in [-0.2, -0.15) is 5.26 Å². The molecule has 0 saturated carbocycles. The molecule has 21 heavy (non-hydrogen) atoms. The molecule has 2 amide bonds. The van der Waals surface area contributed by atoms with Crippen LogP contribution in [-0.2, 0) is 11.3 Å². The minimum atomic E-state index is -1.02. The number of carboxylic acids is 1. The highest BCUT2D eigenvalue weighted by Crippen LogP contribution is 2.13. The summed E-state index contributed by atoms with van der Waals surface area (Å²) in [5, 5.41) is 20.4. The summed E-state index contributed by atoms with van der Waals surface area (Å²) in [5.41, 5.74) is 0.356. The monoisotopic (exact) mass is 289 g/mol. The second-order valence-electron chi connectivity index (χ2n) is 5.52. The van der Waals surface area contributed by atoms with Crippen LogP contribution in [0, 0.1) is 16.7 Å². The Bertz CT molecular complexity index is 576. The Hall–Kier alpha value is -2.55. The molecular weight excluding hydrogens is 270 g/mol. The van der Waals surface area contributed by atoms with Crippen LogP contribution in [0.5, 0.6) is 0 Å². The van der Waals surface area contributed by atoms with Crippen molar-refractivity contribution in [2.75, 3.05) is 13.6 Å². The van der Waals surface area contributed by atoms with E-state index in [0.717, 1.165) is 5.56 Å². The second-order valence-corrected chi connectivity index (χ2v) is 5.52. The van der Waals surface area contributed by atoms with Gasteiger partial charge in [-0.1, -0.05) is 12.1 Å². The van der Waals surface area contributed by atoms with Gasteiger partial charge in [-0.25, -0.2) is 4.79 Å². The van der Waals surface area contributed by atoms with E-state index in [1.807, 2.05) is 12.1 Å². The fraction of sp³-hybridized carbons (Fsp3) is 0.400. The number of nitrogens with one attached hydrogen (secondary N) is 1. The number of urea groups is 1. The largest absolute Gasteiger partial charge is 0.481 e. The highest BCUT2D eigenvalue weighted by Gasteiger charge is 2.28. The van der Waals surface area contributed by atoms with E-state index in [1.165, 1.54) is 4.90 Å². The van der Waals surface area contributed by atoms with Crippen molar-refractivity contribution in [2.24, 2.45) is 5.41 Å². The fourth-order valence-corrected chi connectivity index (χ4v) is 1.59. The highest BCUT2D eigenvalue weighted by atomic mass is 16.4. The summed E-state index contributed by atoms with van der Waals surface area (Å²) in [7, 11) is 1.61. The number of rotatable bonds is 5. The van der Waals surface area contributed by atoms with Crippen molar-refractivity contribution in [2.45, 2.75) is 20.4 Å². The van der Waals surface area contributed by atoms with Crippen LogP contribution in [0.2, 0.25) is 0 Å². The van der Waals surface area contributed by atoms with Crippen LogP contribution in [0.25, 0.3) is 0 Å². The zero-order chi connectivity index (χ0) is 16.0. The summed E-state index contributed by atoms with van der Waals surface area (Å²) in [5.74, 6) is -0.966. The first-order valence-corrected chi connectivity index (χ1v) is 6.47. The van der Waals surface area contributed by atoms with Gasteiger partial charge in [0.15, 0.2) is 0 Å². The van der Waals surface area contributed by atoms with Gasteiger partial charge >= 0.3 is 12.0 Å². The van der Waals surface area contributed by atoms with E-state index in [1.54, 1.807) is 39.1 Å². The van der Waals surface area contributed by atoms with Crippen LogP contribution in [0.15, 0.2) is 24.3 Å². The Labute approximate surface area is 124 Å². The van der Waals surface area contributed by atoms with Crippen molar-refractivity contribution >= 4 is 12.0 Å². The minimum Gasteiger partial charge on any atom is -0.481 e. The Balaban J connectivity index is 2.59. The lowest BCUT2D eigenvalue weighted by Crippen LogP contribution is -2.43. The molecule has 1 aromatic carbocycles. The number of nitriles is 1. The number of carbonyl (C=O) groups is 2. The van der Waals surface area contributed by atoms with Crippen molar-refractivity contribution in [3.8, 4) is 6.07 Å². The summed E-state index contributed by atoms with van der Waals surface area (Å²) in [6, 6.07) is 8.68. The molecular formula is C15H19N3O3. The number of nitrogens with zero attached hydrogens (tertiary/aromatic N) is 2. The highest BCUT2D eigenvalue weighted by molar-refractivity contribution is 5.77. The van der Waals surface area contributed by atoms with Gasteiger partial charge in [-0.05, 0) is 31.5 Å². The molecule has 0 aromatic heterocycles. The minimum absolute atomic E-state index is 0.0454. The quantitative estimate of drug-likeness (QED) is 0.864. The first-order valence-electron chi connectivity index (χ1n) is 6.47. The number of carbonyl (C=O) groups excluding carboxylic acids is 1. The van der Waals surface area contributed by atoms with Gasteiger partial charge in [0, 0.05) is 20.1 Å². The SMILES string of the molecule is CN(Cc1cccc(C#N)c1)C(=O)NCC(C)(C)C(=O)O. The summed E-state index contributed by atoms with van der Waals surface area (Å²) in [4.78, 5) is 24.3. The summed E-state index contributed by atoms with van der Waals surface area (Å²) in [6.07, 6.45) is 0. The van der Waals surface area contributed by atoms with Crippen molar-refractivity contribution < 1.29 is 14.7 Å². The number of hydrogen-bond donors (Lipinski definition) is 2. The van der Waals surface area contributed by atoms with E-state index in [-0.39, 0.29) is 12.6 Å². The smallest absolute Gasteiger partial charge is 0.317 e. The Kier molecular flexibility index (Phi) is 5.30. The fourth-order valence-electron chi connectivity index (χ4n) is 1.59. The molecule has 0 bridgehead atoms. The maximum Gasteiger partial charge on any atom is 0.317 e. The van der Waals surface area contributed by atoms with Gasteiger partial charge < -0.3 is 15.3 Å². The van der Waals surface area contributed by atoms with E-state index >= 15 is 0 Å². The van der Waals surface area contributed by atoms with Crippen LogP contribution < -0.4 is 5.32 Å². The summed E-state index contributed by atoms with van der Waals surface area (Å²) in [6.45, 7) is 3.48. The molecule has 0 radical (unpaired) electrons. The number of hydrogen-bond acceptors (Lipinski definition) is 3. The summed E-state index contributed by atoms with van der Waals surface area (Å²) >= 11 is 0. The lowest BCUT2D eigenvalue weighted by atomic mass is 9.94. The number of carboxylic acid groups (broad SMARTS) is 1. The maximum absolute atomic E-state index is 11.9. The molecule has 1 rings (SSSR count). The Morgan fingerprint density at radius 1 is 1.43 bits per heavy atom. The molecule has 6 nitrogen and oxygen atoms in total. The number of amides is 2. The average molecular weight is 289 g/mol. The third-order valence-electron chi connectivity index (χ3n) is 3.08. The van der Waals surface area contributed by atoms with Crippen molar-refractivity contribution in [3.63, 3.8) is 0 Å². The molecule has 0 unspecified atom stereocenters. The molecule has 0 spiro atoms. The molecule has 1 aromatic rings. The molecule has 0 atom stereocenters. The molecule has 0 saturated heterocycles. The van der Waals surface area contributed by atoms with Crippen LogP contribution in [0.1, 0.15) is 25.0 Å². The van der Waals surface area contributed by atoms with Gasteiger partial charge in [0.2, 0.25) is 0 Å². The first-order chi connectivity index (χ1) is 9.76. The predicted octanol–water partition coefficient (Wildman–Crippen LogP) is 1.81. The molecule has 0 aliphatic carbocycles. The zero-order valence-electron chi connectivity index (χ0n) is 12.4. The number of aliphatic carboxylic acids is 1. The zero-order valence-corrected chi connectivity index (χ0v) is 12.4. The van der Waals surface area contributed by atoms with Crippen molar-refractivity contribution in [1.29, 1.82) is 5.26 Å². The Morgan fingerprint density at radius 2 is 2.10 bits per heavy atom. The van der Waals surface area contributed by atoms with Crippen molar-refractivity contribution in [1.82, 2.24) is 10.2 Å². The van der Waals surface area contributed by atoms with E-state index < -0.39 is 11.4 Å². The van der Waals surface area contributed by atoms with Gasteiger partial charge in [0.1, 0.15) is 0 Å². The van der Waals surface area contributed by atoms with Crippen LogP contribution >= 0.6 is 0 Å². The lowest BCUT2D eigenvalue weighted by Gasteiger charge is -2.23. The van der Waals surface area contributed by atoms with E-state index in [2.05, 4.69) is 5.32 Å². The van der Waals surface area contributed by atoms with Crippen LogP contribution in [0.3, 0.4) is 0 Å². The normalized spacial score (nSPS) is 10.6. The van der Waals surface area contributed by atoms with Gasteiger partial charge in [0.25, 0.3) is 0 Å². The standard InChI is InChI=1S/C15H19N3O3/c1-15(2,13(19)20)10-17-14(21)18(3)9-12-6-4-5-11(7-12)8-16/h4-7H,9-10H2,1-3H3,(H,17,21)(H,19,20). The molecule has 6 heteroatoms. The molecule has 2 N–H and O–H groups in total. The van der Waals surface area contributed by atoms with E-state index in [4.69, 9.17) is 10.4 Å². The molecule has 0 fully saturated rings. The molecule has 0 aliphatic rings. The topological polar surface area (TPSA) is 93.4 Å². The Morgan fingerprint density at radius 3 is 2.67 bits per heavy atom. The summed E-state index contributed by atoms with van der Waals surface area (Å²) < 4.78 is 0. The third kappa shape index (κ3) is 4.80. The molecule has 0 aliphatic heterocycles. The number of benzene rings is 1. The lowest BCUT2D eigenvalue weighted by molar-refractivity contribution is -0.146. The van der Waals surface area contributed by atoms with Crippen LogP contribution in [0.4, 0.5) is 4.79 Å². The van der Waals surface area contributed by atoms with Gasteiger partial charge in [-0.15, -0.1) is 0 Å². The maximum atomic E-state index is 11.9.